The molecule has 1 rings (SSSR count). The molecule has 0 aliphatic carbocycles. The molecule has 1 aliphatic rings. The number of amides is 2. The van der Waals surface area contributed by atoms with Gasteiger partial charge in [-0.1, -0.05) is 6.92 Å². The van der Waals surface area contributed by atoms with E-state index in [1.54, 1.807) is 18.1 Å². The monoisotopic (exact) mass is 260 g/mol. The van der Waals surface area contributed by atoms with Gasteiger partial charge in [0.15, 0.2) is 0 Å². The maximum Gasteiger partial charge on any atom is 0.245 e. The van der Waals surface area contributed by atoms with Gasteiger partial charge in [-0.05, 0) is 19.8 Å². The van der Waals surface area contributed by atoms with Gasteiger partial charge in [0.2, 0.25) is 11.8 Å². The maximum absolute atomic E-state index is 12.0. The molecule has 3 unspecified atom stereocenters. The minimum Gasteiger partial charge on any atom is -0.343 e. The Morgan fingerprint density at radius 3 is 2.59 bits per heavy atom. The number of carbonyl (C=O) groups excluding carboxylic acids is 2. The summed E-state index contributed by atoms with van der Waals surface area (Å²) in [6.45, 7) is 4.10. The van der Waals surface area contributed by atoms with Crippen LogP contribution in [0.25, 0.3) is 0 Å². The normalized spacial score (nSPS) is 26.9. The van der Waals surface area contributed by atoms with Gasteiger partial charge in [-0.3, -0.25) is 13.8 Å². The Kier molecular flexibility index (Phi) is 5.11. The van der Waals surface area contributed by atoms with Crippen LogP contribution >= 0.6 is 0 Å². The third kappa shape index (κ3) is 3.52. The van der Waals surface area contributed by atoms with Crippen molar-refractivity contribution < 1.29 is 13.8 Å². The smallest absolute Gasteiger partial charge is 0.245 e. The summed E-state index contributed by atoms with van der Waals surface area (Å²) in [5.74, 6) is 0.435. The van der Waals surface area contributed by atoms with Crippen molar-refractivity contribution in [1.29, 1.82) is 0 Å². The minimum absolute atomic E-state index is 0.0264. The second-order valence-corrected chi connectivity index (χ2v) is 5.86. The number of rotatable bonds is 5. The van der Waals surface area contributed by atoms with E-state index in [1.165, 1.54) is 0 Å². The summed E-state index contributed by atoms with van der Waals surface area (Å²) in [5, 5.41) is 2.70. The molecule has 3 atom stereocenters. The van der Waals surface area contributed by atoms with Crippen LogP contribution in [-0.4, -0.2) is 51.6 Å². The first-order chi connectivity index (χ1) is 7.97. The standard InChI is InChI=1S/C11H20N2O3S/c1-4-9-11(15)13(6-5-7-17(3)16)8(2)10(14)12-9/h8-9H,4-7H2,1-3H3,(H,12,14). The van der Waals surface area contributed by atoms with Gasteiger partial charge in [-0.15, -0.1) is 0 Å². The van der Waals surface area contributed by atoms with E-state index < -0.39 is 22.9 Å². The number of piperazine rings is 1. The predicted molar refractivity (Wildman–Crippen MR) is 66.9 cm³/mol. The van der Waals surface area contributed by atoms with E-state index in [0.717, 1.165) is 0 Å². The molecule has 17 heavy (non-hydrogen) atoms. The van der Waals surface area contributed by atoms with Crippen LogP contribution in [0, 0.1) is 0 Å². The molecule has 0 saturated carbocycles. The predicted octanol–water partition coefficient (Wildman–Crippen LogP) is -0.119. The Labute approximate surface area is 104 Å². The van der Waals surface area contributed by atoms with E-state index in [0.29, 0.717) is 25.1 Å². The summed E-state index contributed by atoms with van der Waals surface area (Å²) in [6, 6.07) is -0.818. The van der Waals surface area contributed by atoms with E-state index in [1.807, 2.05) is 6.92 Å². The van der Waals surface area contributed by atoms with Gasteiger partial charge in [-0.25, -0.2) is 0 Å². The Morgan fingerprint density at radius 1 is 1.41 bits per heavy atom. The molecule has 1 aliphatic heterocycles. The highest BCUT2D eigenvalue weighted by Gasteiger charge is 2.36. The topological polar surface area (TPSA) is 66.5 Å². The van der Waals surface area contributed by atoms with Crippen LogP contribution in [0.1, 0.15) is 26.7 Å². The van der Waals surface area contributed by atoms with Crippen LogP contribution in [0.4, 0.5) is 0 Å². The molecule has 1 fully saturated rings. The zero-order valence-corrected chi connectivity index (χ0v) is 11.4. The lowest BCUT2D eigenvalue weighted by Crippen LogP contribution is -2.62. The molecule has 6 heteroatoms. The molecule has 1 N–H and O–H groups in total. The van der Waals surface area contributed by atoms with Crippen LogP contribution < -0.4 is 5.32 Å². The molecule has 1 saturated heterocycles. The molecule has 0 spiro atoms. The maximum atomic E-state index is 12.0. The summed E-state index contributed by atoms with van der Waals surface area (Å²) >= 11 is 0. The number of hydrogen-bond donors (Lipinski definition) is 1. The molecule has 5 nitrogen and oxygen atoms in total. The third-order valence-electron chi connectivity index (χ3n) is 2.98. The van der Waals surface area contributed by atoms with Crippen LogP contribution in [0.5, 0.6) is 0 Å². The first kappa shape index (κ1) is 14.2. The summed E-state index contributed by atoms with van der Waals surface area (Å²) < 4.78 is 11.0. The molecule has 0 radical (unpaired) electrons. The quantitative estimate of drug-likeness (QED) is 0.749. The van der Waals surface area contributed by atoms with Gasteiger partial charge in [-0.2, -0.15) is 0 Å². The van der Waals surface area contributed by atoms with Crippen molar-refractivity contribution >= 4 is 22.6 Å². The summed E-state index contributed by atoms with van der Waals surface area (Å²) in [5.41, 5.74) is 0. The van der Waals surface area contributed by atoms with Crippen LogP contribution in [0.15, 0.2) is 0 Å². The fourth-order valence-corrected chi connectivity index (χ4v) is 2.44. The second kappa shape index (κ2) is 6.14. The molecule has 0 aromatic carbocycles. The zero-order chi connectivity index (χ0) is 13.0. The van der Waals surface area contributed by atoms with Crippen LogP contribution in [0.2, 0.25) is 0 Å². The van der Waals surface area contributed by atoms with E-state index in [4.69, 9.17) is 0 Å². The summed E-state index contributed by atoms with van der Waals surface area (Å²) in [6.07, 6.45) is 2.92. The highest BCUT2D eigenvalue weighted by atomic mass is 32.2. The van der Waals surface area contributed by atoms with Crippen molar-refractivity contribution in [3.05, 3.63) is 0 Å². The van der Waals surface area contributed by atoms with Gasteiger partial charge >= 0.3 is 0 Å². The molecule has 0 bridgehead atoms. The Bertz CT molecular complexity index is 333. The molecular weight excluding hydrogens is 240 g/mol. The van der Waals surface area contributed by atoms with Gasteiger partial charge in [0.1, 0.15) is 12.1 Å². The number of nitrogens with one attached hydrogen (secondary N) is 1. The van der Waals surface area contributed by atoms with Gasteiger partial charge in [0.05, 0.1) is 0 Å². The lowest BCUT2D eigenvalue weighted by atomic mass is 10.1. The first-order valence-corrected chi connectivity index (χ1v) is 7.61. The first-order valence-electron chi connectivity index (χ1n) is 5.88. The van der Waals surface area contributed by atoms with Gasteiger partial charge in [0, 0.05) is 29.4 Å². The largest absolute Gasteiger partial charge is 0.343 e. The van der Waals surface area contributed by atoms with Gasteiger partial charge in [0.25, 0.3) is 0 Å². The average Bonchev–Trinajstić information content (AvgIpc) is 2.27. The van der Waals surface area contributed by atoms with Gasteiger partial charge < -0.3 is 10.2 Å². The molecular formula is C11H20N2O3S. The molecule has 0 aromatic rings. The van der Waals surface area contributed by atoms with Crippen molar-refractivity contribution in [2.24, 2.45) is 0 Å². The van der Waals surface area contributed by atoms with Crippen LogP contribution in [0.3, 0.4) is 0 Å². The van der Waals surface area contributed by atoms with Crippen LogP contribution in [-0.2, 0) is 20.4 Å². The van der Waals surface area contributed by atoms with E-state index in [9.17, 15) is 13.8 Å². The molecule has 98 valence electrons. The second-order valence-electron chi connectivity index (χ2n) is 4.31. The number of nitrogens with zero attached hydrogens (tertiary/aromatic N) is 1. The highest BCUT2D eigenvalue weighted by Crippen LogP contribution is 2.12. The average molecular weight is 260 g/mol. The van der Waals surface area contributed by atoms with Crippen molar-refractivity contribution in [3.8, 4) is 0 Å². The molecule has 1 heterocycles. The zero-order valence-electron chi connectivity index (χ0n) is 10.6. The van der Waals surface area contributed by atoms with Crippen molar-refractivity contribution in [2.75, 3.05) is 18.6 Å². The Hall–Kier alpha value is -0.910. The summed E-state index contributed by atoms with van der Waals surface area (Å²) in [4.78, 5) is 25.3. The lowest BCUT2D eigenvalue weighted by Gasteiger charge is -2.37. The Morgan fingerprint density at radius 2 is 2.06 bits per heavy atom. The minimum atomic E-state index is -0.850. The van der Waals surface area contributed by atoms with Crippen molar-refractivity contribution in [3.63, 3.8) is 0 Å². The fraction of sp³-hybridized carbons (Fsp3) is 0.818. The number of carbonyl (C=O) groups is 2. The van der Waals surface area contributed by atoms with Crippen molar-refractivity contribution in [2.45, 2.75) is 38.8 Å². The molecule has 0 aromatic heterocycles. The van der Waals surface area contributed by atoms with Crippen molar-refractivity contribution in [1.82, 2.24) is 10.2 Å². The Balaban J connectivity index is 2.62. The lowest BCUT2D eigenvalue weighted by molar-refractivity contribution is -0.148. The third-order valence-corrected chi connectivity index (χ3v) is 3.85. The highest BCUT2D eigenvalue weighted by molar-refractivity contribution is 7.84. The van der Waals surface area contributed by atoms with E-state index >= 15 is 0 Å². The van der Waals surface area contributed by atoms with E-state index in [-0.39, 0.29) is 11.8 Å². The fourth-order valence-electron chi connectivity index (χ4n) is 1.91. The summed E-state index contributed by atoms with van der Waals surface area (Å²) in [7, 11) is -0.850. The molecule has 2 amide bonds. The SMILES string of the molecule is CCC1NC(=O)C(C)N(CCCS(C)=O)C1=O. The van der Waals surface area contributed by atoms with E-state index in [2.05, 4.69) is 5.32 Å². The number of hydrogen-bond acceptors (Lipinski definition) is 3.